The van der Waals surface area contributed by atoms with Crippen molar-refractivity contribution in [3.63, 3.8) is 0 Å². The van der Waals surface area contributed by atoms with Crippen molar-refractivity contribution in [3.8, 4) is 0 Å². The van der Waals surface area contributed by atoms with Crippen LogP contribution >= 0.6 is 0 Å². The number of hydrogen-bond donors (Lipinski definition) is 0. The zero-order valence-electron chi connectivity index (χ0n) is 6.01. The van der Waals surface area contributed by atoms with E-state index < -0.39 is 0 Å². The number of allylic oxidation sites excluding steroid dienone is 3. The second kappa shape index (κ2) is 2.86. The molecule has 50 valence electrons. The minimum atomic E-state index is 0.779. The third kappa shape index (κ3) is 1.24. The summed E-state index contributed by atoms with van der Waals surface area (Å²) in [6.45, 7) is 5.86. The van der Waals surface area contributed by atoms with Crippen molar-refractivity contribution < 1.29 is 0 Å². The molecule has 0 heterocycles. The van der Waals surface area contributed by atoms with Gasteiger partial charge in [-0.2, -0.15) is 0 Å². The molecule has 0 aromatic carbocycles. The maximum atomic E-state index is 3.78. The van der Waals surface area contributed by atoms with Crippen LogP contribution in [0.2, 0.25) is 0 Å². The van der Waals surface area contributed by atoms with Gasteiger partial charge in [0, 0.05) is 0 Å². The van der Waals surface area contributed by atoms with Gasteiger partial charge in [0.15, 0.2) is 0 Å². The molecule has 0 radical (unpaired) electrons. The van der Waals surface area contributed by atoms with E-state index in [4.69, 9.17) is 0 Å². The maximum Gasteiger partial charge on any atom is -0.0171 e. The fraction of sp³-hybridized carbons (Fsp3) is 0.556. The molecule has 0 amide bonds. The van der Waals surface area contributed by atoms with Crippen LogP contribution in [0, 0.1) is 11.8 Å². The van der Waals surface area contributed by atoms with Crippen LogP contribution in [-0.2, 0) is 0 Å². The molecule has 1 saturated carbocycles. The van der Waals surface area contributed by atoms with Crippen LogP contribution < -0.4 is 0 Å². The second-order valence-corrected chi connectivity index (χ2v) is 2.67. The topological polar surface area (TPSA) is 0 Å². The lowest BCUT2D eigenvalue weighted by Crippen LogP contribution is -2.21. The molecule has 0 aromatic heterocycles. The van der Waals surface area contributed by atoms with E-state index in [9.17, 15) is 0 Å². The number of hydrogen-bond acceptors (Lipinski definition) is 0. The standard InChI is InChI=1S/C9H14/c1-3-5-9-7-6-8(9)4-2/h3-5,8-9H,2,6-7H2,1H3/t8-,9-/m1/s1. The first-order valence-corrected chi connectivity index (χ1v) is 3.64. The Hall–Kier alpha value is -0.520. The van der Waals surface area contributed by atoms with E-state index in [1.54, 1.807) is 0 Å². The lowest BCUT2D eigenvalue weighted by atomic mass is 9.74. The molecule has 0 nitrogen and oxygen atoms in total. The molecule has 0 unspecified atom stereocenters. The molecule has 0 N–H and O–H groups in total. The second-order valence-electron chi connectivity index (χ2n) is 2.67. The molecule has 0 saturated heterocycles. The Morgan fingerprint density at radius 3 is 2.33 bits per heavy atom. The molecular formula is C9H14. The minimum Gasteiger partial charge on any atom is -0.103 e. The van der Waals surface area contributed by atoms with E-state index in [1.807, 2.05) is 0 Å². The average Bonchev–Trinajstić information content (AvgIpc) is 1.82. The molecule has 1 fully saturated rings. The predicted octanol–water partition coefficient (Wildman–Crippen LogP) is 2.77. The quantitative estimate of drug-likeness (QED) is 0.494. The first-order chi connectivity index (χ1) is 4.38. The summed E-state index contributed by atoms with van der Waals surface area (Å²) in [5.74, 6) is 1.59. The highest BCUT2D eigenvalue weighted by atomic mass is 14.3. The monoisotopic (exact) mass is 122 g/mol. The zero-order chi connectivity index (χ0) is 6.69. The van der Waals surface area contributed by atoms with Crippen LogP contribution in [0.1, 0.15) is 19.8 Å². The Morgan fingerprint density at radius 2 is 2.00 bits per heavy atom. The first-order valence-electron chi connectivity index (χ1n) is 3.64. The van der Waals surface area contributed by atoms with Gasteiger partial charge in [0.2, 0.25) is 0 Å². The smallest absolute Gasteiger partial charge is 0.0171 e. The van der Waals surface area contributed by atoms with Crippen molar-refractivity contribution in [3.05, 3.63) is 24.8 Å². The molecular weight excluding hydrogens is 108 g/mol. The molecule has 0 bridgehead atoms. The van der Waals surface area contributed by atoms with Crippen LogP contribution in [0.25, 0.3) is 0 Å². The van der Waals surface area contributed by atoms with Gasteiger partial charge in [-0.15, -0.1) is 6.58 Å². The Balaban J connectivity index is 2.35. The highest BCUT2D eigenvalue weighted by Gasteiger charge is 2.24. The van der Waals surface area contributed by atoms with Crippen LogP contribution in [0.4, 0.5) is 0 Å². The van der Waals surface area contributed by atoms with Gasteiger partial charge in [-0.05, 0) is 31.6 Å². The summed E-state index contributed by atoms with van der Waals surface area (Å²) in [7, 11) is 0. The molecule has 1 rings (SSSR count). The van der Waals surface area contributed by atoms with E-state index in [2.05, 4.69) is 31.7 Å². The summed E-state index contributed by atoms with van der Waals surface area (Å²) in [5.41, 5.74) is 0. The molecule has 0 aromatic rings. The van der Waals surface area contributed by atoms with Gasteiger partial charge < -0.3 is 0 Å². The van der Waals surface area contributed by atoms with Gasteiger partial charge in [0.25, 0.3) is 0 Å². The third-order valence-electron chi connectivity index (χ3n) is 2.13. The Kier molecular flexibility index (Phi) is 2.10. The van der Waals surface area contributed by atoms with Crippen LogP contribution in [-0.4, -0.2) is 0 Å². The van der Waals surface area contributed by atoms with Gasteiger partial charge >= 0.3 is 0 Å². The van der Waals surface area contributed by atoms with E-state index in [-0.39, 0.29) is 0 Å². The summed E-state index contributed by atoms with van der Waals surface area (Å²) >= 11 is 0. The van der Waals surface area contributed by atoms with Crippen LogP contribution in [0.5, 0.6) is 0 Å². The van der Waals surface area contributed by atoms with Gasteiger partial charge in [-0.3, -0.25) is 0 Å². The van der Waals surface area contributed by atoms with Crippen LogP contribution in [0.3, 0.4) is 0 Å². The molecule has 1 aliphatic carbocycles. The normalized spacial score (nSPS) is 34.3. The van der Waals surface area contributed by atoms with Crippen molar-refractivity contribution in [2.24, 2.45) is 11.8 Å². The molecule has 2 atom stereocenters. The Labute approximate surface area is 57.3 Å². The zero-order valence-corrected chi connectivity index (χ0v) is 6.01. The minimum absolute atomic E-state index is 0.779. The molecule has 1 aliphatic rings. The van der Waals surface area contributed by atoms with Crippen molar-refractivity contribution >= 4 is 0 Å². The molecule has 9 heavy (non-hydrogen) atoms. The van der Waals surface area contributed by atoms with Crippen molar-refractivity contribution in [2.75, 3.05) is 0 Å². The highest BCUT2D eigenvalue weighted by molar-refractivity contribution is 5.01. The van der Waals surface area contributed by atoms with E-state index in [0.29, 0.717) is 0 Å². The predicted molar refractivity (Wildman–Crippen MR) is 41.2 cm³/mol. The fourth-order valence-corrected chi connectivity index (χ4v) is 1.33. The van der Waals surface area contributed by atoms with Crippen molar-refractivity contribution in [1.82, 2.24) is 0 Å². The van der Waals surface area contributed by atoms with Crippen molar-refractivity contribution in [2.45, 2.75) is 19.8 Å². The van der Waals surface area contributed by atoms with E-state index in [1.165, 1.54) is 12.8 Å². The lowest BCUT2D eigenvalue weighted by Gasteiger charge is -2.31. The summed E-state index contributed by atoms with van der Waals surface area (Å²) < 4.78 is 0. The summed E-state index contributed by atoms with van der Waals surface area (Å²) in [4.78, 5) is 0. The number of rotatable bonds is 2. The Morgan fingerprint density at radius 1 is 1.33 bits per heavy atom. The van der Waals surface area contributed by atoms with Gasteiger partial charge in [0.05, 0.1) is 0 Å². The highest BCUT2D eigenvalue weighted by Crippen LogP contribution is 2.35. The summed E-state index contributed by atoms with van der Waals surface area (Å²) in [6, 6.07) is 0. The largest absolute Gasteiger partial charge is 0.103 e. The van der Waals surface area contributed by atoms with E-state index in [0.717, 1.165) is 11.8 Å². The Bertz CT molecular complexity index is 122. The lowest BCUT2D eigenvalue weighted by molar-refractivity contribution is 0.286. The average molecular weight is 122 g/mol. The SMILES string of the molecule is C=C[C@@H]1CC[C@H]1C=CC. The summed E-state index contributed by atoms with van der Waals surface area (Å²) in [5, 5.41) is 0. The van der Waals surface area contributed by atoms with Crippen molar-refractivity contribution in [1.29, 1.82) is 0 Å². The third-order valence-corrected chi connectivity index (χ3v) is 2.13. The van der Waals surface area contributed by atoms with Gasteiger partial charge in [-0.25, -0.2) is 0 Å². The maximum absolute atomic E-state index is 3.78. The fourth-order valence-electron chi connectivity index (χ4n) is 1.33. The van der Waals surface area contributed by atoms with E-state index >= 15 is 0 Å². The first kappa shape index (κ1) is 6.60. The molecule has 0 heteroatoms. The van der Waals surface area contributed by atoms with Gasteiger partial charge in [0.1, 0.15) is 0 Å². The summed E-state index contributed by atoms with van der Waals surface area (Å²) in [6.07, 6.45) is 9.21. The van der Waals surface area contributed by atoms with Crippen LogP contribution in [0.15, 0.2) is 24.8 Å². The van der Waals surface area contributed by atoms with Gasteiger partial charge in [-0.1, -0.05) is 18.2 Å². The molecule has 0 spiro atoms. The molecule has 0 aliphatic heterocycles.